The van der Waals surface area contributed by atoms with Gasteiger partial charge in [0.05, 0.1) is 18.5 Å². The van der Waals surface area contributed by atoms with Gasteiger partial charge < -0.3 is 9.64 Å². The van der Waals surface area contributed by atoms with Crippen molar-refractivity contribution in [2.75, 3.05) is 25.1 Å². The molecule has 0 aliphatic heterocycles. The minimum atomic E-state index is -0.400. The third-order valence-corrected chi connectivity index (χ3v) is 2.86. The van der Waals surface area contributed by atoms with E-state index < -0.39 is 4.92 Å². The Morgan fingerprint density at radius 1 is 1.47 bits per heavy atom. The molecule has 1 aromatic carbocycles. The third-order valence-electron chi connectivity index (χ3n) is 2.86. The fourth-order valence-corrected chi connectivity index (χ4v) is 1.82. The number of hydrogen-bond acceptors (Lipinski definition) is 5. The number of methoxy groups -OCH3 is 1. The van der Waals surface area contributed by atoms with Crippen LogP contribution < -0.4 is 4.90 Å². The number of anilines is 1. The van der Waals surface area contributed by atoms with Gasteiger partial charge in [-0.2, -0.15) is 0 Å². The first kappa shape index (κ1) is 14.9. The molecule has 6 heteroatoms. The maximum Gasteiger partial charge on any atom is 0.307 e. The van der Waals surface area contributed by atoms with Crippen LogP contribution >= 0.6 is 0 Å². The van der Waals surface area contributed by atoms with Gasteiger partial charge >= 0.3 is 5.97 Å². The first-order valence-electron chi connectivity index (χ1n) is 6.06. The summed E-state index contributed by atoms with van der Waals surface area (Å²) in [6.45, 7) is 4.68. The van der Waals surface area contributed by atoms with E-state index in [4.69, 9.17) is 0 Å². The minimum Gasteiger partial charge on any atom is -0.469 e. The van der Waals surface area contributed by atoms with E-state index in [1.165, 1.54) is 13.2 Å². The molecule has 6 nitrogen and oxygen atoms in total. The molecule has 0 aromatic heterocycles. The van der Waals surface area contributed by atoms with Crippen LogP contribution in [-0.4, -0.2) is 31.1 Å². The SMILES string of the molecule is CCN(CCC(=O)OC)c1ccc(C)cc1[N+](=O)[O-]. The number of nitrogens with zero attached hydrogens (tertiary/aromatic N) is 2. The molecule has 0 aliphatic carbocycles. The molecule has 0 unspecified atom stereocenters. The van der Waals surface area contributed by atoms with E-state index in [2.05, 4.69) is 4.74 Å². The van der Waals surface area contributed by atoms with E-state index in [0.29, 0.717) is 18.8 Å². The summed E-state index contributed by atoms with van der Waals surface area (Å²) in [5.74, 6) is -0.326. The first-order valence-corrected chi connectivity index (χ1v) is 6.06. The number of rotatable bonds is 6. The maximum absolute atomic E-state index is 11.2. The van der Waals surface area contributed by atoms with E-state index in [1.807, 2.05) is 19.9 Å². The van der Waals surface area contributed by atoms with Gasteiger partial charge in [-0.3, -0.25) is 14.9 Å². The molecule has 0 amide bonds. The summed E-state index contributed by atoms with van der Waals surface area (Å²) in [6.07, 6.45) is 0.204. The molecule has 0 bridgehead atoms. The lowest BCUT2D eigenvalue weighted by Gasteiger charge is -2.22. The Kier molecular flexibility index (Phi) is 5.29. The number of carbonyl (C=O) groups excluding carboxylic acids is 1. The lowest BCUT2D eigenvalue weighted by molar-refractivity contribution is -0.384. The first-order chi connectivity index (χ1) is 8.99. The topological polar surface area (TPSA) is 72.7 Å². The second kappa shape index (κ2) is 6.72. The van der Waals surface area contributed by atoms with Gasteiger partial charge in [-0.15, -0.1) is 0 Å². The lowest BCUT2D eigenvalue weighted by Crippen LogP contribution is -2.26. The fourth-order valence-electron chi connectivity index (χ4n) is 1.82. The monoisotopic (exact) mass is 266 g/mol. The standard InChI is InChI=1S/C13H18N2O4/c1-4-14(8-7-13(16)19-3)11-6-5-10(2)9-12(11)15(17)18/h5-6,9H,4,7-8H2,1-3H3. The number of nitro groups is 1. The smallest absolute Gasteiger partial charge is 0.307 e. The highest BCUT2D eigenvalue weighted by Crippen LogP contribution is 2.29. The molecule has 0 N–H and O–H groups in total. The molecule has 0 atom stereocenters. The van der Waals surface area contributed by atoms with Crippen LogP contribution in [0, 0.1) is 17.0 Å². The van der Waals surface area contributed by atoms with Crippen molar-refractivity contribution in [3.05, 3.63) is 33.9 Å². The highest BCUT2D eigenvalue weighted by Gasteiger charge is 2.19. The summed E-state index contributed by atoms with van der Waals surface area (Å²) < 4.78 is 4.58. The molecule has 19 heavy (non-hydrogen) atoms. The number of nitro benzene ring substituents is 1. The van der Waals surface area contributed by atoms with Crippen molar-refractivity contribution < 1.29 is 14.5 Å². The molecule has 0 saturated heterocycles. The summed E-state index contributed by atoms with van der Waals surface area (Å²) in [7, 11) is 1.33. The maximum atomic E-state index is 11.2. The fraction of sp³-hybridized carbons (Fsp3) is 0.462. The van der Waals surface area contributed by atoms with Gasteiger partial charge in [0.15, 0.2) is 0 Å². The molecule has 104 valence electrons. The number of ether oxygens (including phenoxy) is 1. The molecule has 0 heterocycles. The Balaban J connectivity index is 2.97. The predicted octanol–water partition coefficient (Wildman–Crippen LogP) is 2.29. The Morgan fingerprint density at radius 2 is 2.16 bits per heavy atom. The number of hydrogen-bond donors (Lipinski definition) is 0. The predicted molar refractivity (Wildman–Crippen MR) is 72.4 cm³/mol. The molecular formula is C13H18N2O4. The average Bonchev–Trinajstić information content (AvgIpc) is 2.40. The normalized spacial score (nSPS) is 10.1. The van der Waals surface area contributed by atoms with E-state index in [0.717, 1.165) is 5.56 Å². The zero-order chi connectivity index (χ0) is 14.4. The number of carbonyl (C=O) groups is 1. The molecule has 0 fully saturated rings. The zero-order valence-corrected chi connectivity index (χ0v) is 11.4. The van der Waals surface area contributed by atoms with Crippen LogP contribution in [-0.2, 0) is 9.53 Å². The van der Waals surface area contributed by atoms with Crippen LogP contribution in [0.4, 0.5) is 11.4 Å². The van der Waals surface area contributed by atoms with Crippen molar-refractivity contribution in [2.45, 2.75) is 20.3 Å². The van der Waals surface area contributed by atoms with Crippen molar-refractivity contribution in [1.29, 1.82) is 0 Å². The van der Waals surface area contributed by atoms with Crippen molar-refractivity contribution in [3.8, 4) is 0 Å². The van der Waals surface area contributed by atoms with Gasteiger partial charge in [0, 0.05) is 19.2 Å². The summed E-state index contributed by atoms with van der Waals surface area (Å²) in [6, 6.07) is 5.08. The molecule has 0 radical (unpaired) electrons. The molecule has 0 aliphatic rings. The van der Waals surface area contributed by atoms with Gasteiger partial charge in [0.2, 0.25) is 0 Å². The van der Waals surface area contributed by atoms with Crippen LogP contribution in [0.25, 0.3) is 0 Å². The quantitative estimate of drug-likeness (QED) is 0.448. The second-order valence-corrected chi connectivity index (χ2v) is 4.16. The highest BCUT2D eigenvalue weighted by atomic mass is 16.6. The van der Waals surface area contributed by atoms with Crippen molar-refractivity contribution in [1.82, 2.24) is 0 Å². The summed E-state index contributed by atoms with van der Waals surface area (Å²) in [5.41, 5.74) is 1.42. The van der Waals surface area contributed by atoms with Crippen LogP contribution in [0.5, 0.6) is 0 Å². The van der Waals surface area contributed by atoms with E-state index >= 15 is 0 Å². The van der Waals surface area contributed by atoms with Crippen LogP contribution in [0.15, 0.2) is 18.2 Å². The molecule has 1 aromatic rings. The average molecular weight is 266 g/mol. The number of aryl methyl sites for hydroxylation is 1. The molecular weight excluding hydrogens is 248 g/mol. The minimum absolute atomic E-state index is 0.0618. The zero-order valence-electron chi connectivity index (χ0n) is 11.4. The Bertz CT molecular complexity index is 474. The molecule has 0 spiro atoms. The van der Waals surface area contributed by atoms with Crippen molar-refractivity contribution in [2.24, 2.45) is 0 Å². The Morgan fingerprint density at radius 3 is 2.68 bits per heavy atom. The molecule has 1 rings (SSSR count). The van der Waals surface area contributed by atoms with E-state index in [-0.39, 0.29) is 18.1 Å². The lowest BCUT2D eigenvalue weighted by atomic mass is 10.1. The largest absolute Gasteiger partial charge is 0.469 e. The Labute approximate surface area is 112 Å². The molecule has 0 saturated carbocycles. The summed E-state index contributed by atoms with van der Waals surface area (Å²) in [4.78, 5) is 23.6. The van der Waals surface area contributed by atoms with Gasteiger partial charge in [-0.1, -0.05) is 6.07 Å². The number of benzene rings is 1. The van der Waals surface area contributed by atoms with E-state index in [1.54, 1.807) is 11.0 Å². The summed E-state index contributed by atoms with van der Waals surface area (Å²) in [5, 5.41) is 11.1. The van der Waals surface area contributed by atoms with E-state index in [9.17, 15) is 14.9 Å². The van der Waals surface area contributed by atoms with Gasteiger partial charge in [-0.05, 0) is 25.5 Å². The summed E-state index contributed by atoms with van der Waals surface area (Å²) >= 11 is 0. The van der Waals surface area contributed by atoms with Crippen molar-refractivity contribution >= 4 is 17.3 Å². The Hall–Kier alpha value is -2.11. The third kappa shape index (κ3) is 3.94. The van der Waals surface area contributed by atoms with Gasteiger partial charge in [-0.25, -0.2) is 0 Å². The van der Waals surface area contributed by atoms with Crippen LogP contribution in [0.2, 0.25) is 0 Å². The van der Waals surface area contributed by atoms with Gasteiger partial charge in [0.1, 0.15) is 5.69 Å². The van der Waals surface area contributed by atoms with Crippen LogP contribution in [0.1, 0.15) is 18.9 Å². The van der Waals surface area contributed by atoms with Crippen LogP contribution in [0.3, 0.4) is 0 Å². The van der Waals surface area contributed by atoms with Gasteiger partial charge in [0.25, 0.3) is 5.69 Å². The second-order valence-electron chi connectivity index (χ2n) is 4.16. The highest BCUT2D eigenvalue weighted by molar-refractivity contribution is 5.71. The van der Waals surface area contributed by atoms with Crippen molar-refractivity contribution in [3.63, 3.8) is 0 Å². The number of esters is 1.